The molecule has 1 unspecified atom stereocenters. The Morgan fingerprint density at radius 2 is 1.06 bits per heavy atom. The van der Waals surface area contributed by atoms with Crippen LogP contribution in [0.15, 0.2) is 12.4 Å². The van der Waals surface area contributed by atoms with E-state index in [0.29, 0.717) is 48.7 Å². The normalized spacial score (nSPS) is 13.5. The fourth-order valence-corrected chi connectivity index (χ4v) is 7.25. The third-order valence-corrected chi connectivity index (χ3v) is 9.68. The molecule has 0 aliphatic rings. The molecule has 0 radical (unpaired) electrons. The molecule has 0 fully saturated rings. The van der Waals surface area contributed by atoms with Gasteiger partial charge in [0.1, 0.15) is 5.82 Å². The van der Waals surface area contributed by atoms with Crippen LogP contribution < -0.4 is 0 Å². The zero-order chi connectivity index (χ0) is 37.3. The number of imidazole rings is 1. The van der Waals surface area contributed by atoms with Crippen LogP contribution in [0.5, 0.6) is 0 Å². The van der Waals surface area contributed by atoms with Crippen molar-refractivity contribution in [3.63, 3.8) is 0 Å². The minimum Gasteiger partial charge on any atom is -0.466 e. The van der Waals surface area contributed by atoms with Crippen LogP contribution in [-0.4, -0.2) is 59.2 Å². The Labute approximate surface area is 309 Å². The minimum absolute atomic E-state index is 0.0261. The van der Waals surface area contributed by atoms with Crippen molar-refractivity contribution in [3.8, 4) is 0 Å². The Bertz CT molecular complexity index is 937. The van der Waals surface area contributed by atoms with E-state index in [1.807, 2.05) is 6.20 Å². The summed E-state index contributed by atoms with van der Waals surface area (Å²) in [4.78, 5) is 31.3. The molecule has 1 rings (SSSR count). The van der Waals surface area contributed by atoms with E-state index >= 15 is 0 Å². The fourth-order valence-electron chi connectivity index (χ4n) is 7.25. The van der Waals surface area contributed by atoms with Crippen molar-refractivity contribution in [1.29, 1.82) is 0 Å². The molecule has 0 aromatic carbocycles. The second-order valence-corrected chi connectivity index (χ2v) is 17.9. The van der Waals surface area contributed by atoms with Crippen LogP contribution in [0.2, 0.25) is 0 Å². The molecular formula is C43H81N3O4. The van der Waals surface area contributed by atoms with Crippen molar-refractivity contribution >= 4 is 11.9 Å². The molecule has 0 amide bonds. The van der Waals surface area contributed by atoms with Crippen molar-refractivity contribution in [3.05, 3.63) is 18.2 Å². The van der Waals surface area contributed by atoms with Gasteiger partial charge in [-0.05, 0) is 107 Å². The Hall–Kier alpha value is -1.89. The van der Waals surface area contributed by atoms with Crippen molar-refractivity contribution in [2.24, 2.45) is 22.7 Å². The number of hydrogen-bond acceptors (Lipinski definition) is 6. The number of rotatable bonds is 30. The van der Waals surface area contributed by atoms with Gasteiger partial charge in [0.05, 0.1) is 13.2 Å². The summed E-state index contributed by atoms with van der Waals surface area (Å²) in [6.07, 6.45) is 24.5. The number of unbranched alkanes of at least 4 members (excludes halogenated alkanes) is 10. The summed E-state index contributed by atoms with van der Waals surface area (Å²) in [5.41, 5.74) is 0.654. The predicted octanol–water partition coefficient (Wildman–Crippen LogP) is 11.4. The number of ether oxygens (including phenoxy) is 2. The first-order chi connectivity index (χ1) is 23.6. The van der Waals surface area contributed by atoms with Gasteiger partial charge in [0.25, 0.3) is 0 Å². The van der Waals surface area contributed by atoms with E-state index in [2.05, 4.69) is 83.0 Å². The van der Waals surface area contributed by atoms with E-state index in [-0.39, 0.29) is 11.9 Å². The molecule has 50 heavy (non-hydrogen) atoms. The maximum absolute atomic E-state index is 12.1. The average Bonchev–Trinajstić information content (AvgIpc) is 3.41. The van der Waals surface area contributed by atoms with Crippen LogP contribution >= 0.6 is 0 Å². The number of hydrogen-bond donors (Lipinski definition) is 0. The van der Waals surface area contributed by atoms with Crippen LogP contribution in [0.1, 0.15) is 183 Å². The number of aryl methyl sites for hydroxylation is 2. The highest BCUT2D eigenvalue weighted by molar-refractivity contribution is 5.69. The molecule has 292 valence electrons. The Morgan fingerprint density at radius 1 is 0.660 bits per heavy atom. The lowest BCUT2D eigenvalue weighted by atomic mass is 9.84. The summed E-state index contributed by atoms with van der Waals surface area (Å²) < 4.78 is 13.2. The lowest BCUT2D eigenvalue weighted by Gasteiger charge is -2.23. The van der Waals surface area contributed by atoms with Gasteiger partial charge in [-0.2, -0.15) is 0 Å². The molecular weight excluding hydrogens is 622 g/mol. The highest BCUT2D eigenvalue weighted by Crippen LogP contribution is 2.27. The van der Waals surface area contributed by atoms with E-state index in [0.717, 1.165) is 76.7 Å². The third-order valence-electron chi connectivity index (χ3n) is 9.68. The summed E-state index contributed by atoms with van der Waals surface area (Å²) in [5.74, 6) is 2.21. The highest BCUT2D eigenvalue weighted by Gasteiger charge is 2.17. The van der Waals surface area contributed by atoms with Gasteiger partial charge >= 0.3 is 11.9 Å². The Balaban J connectivity index is 2.17. The first-order valence-electron chi connectivity index (χ1n) is 20.7. The van der Waals surface area contributed by atoms with Crippen LogP contribution in [0.3, 0.4) is 0 Å². The summed E-state index contributed by atoms with van der Waals surface area (Å²) in [6, 6.07) is 0. The molecule has 1 heterocycles. The van der Waals surface area contributed by atoms with Crippen molar-refractivity contribution in [2.75, 3.05) is 32.8 Å². The van der Waals surface area contributed by atoms with Crippen molar-refractivity contribution in [2.45, 2.75) is 191 Å². The van der Waals surface area contributed by atoms with Gasteiger partial charge in [0, 0.05) is 31.8 Å². The molecule has 2 atom stereocenters. The molecule has 0 aliphatic carbocycles. The number of carbonyl (C=O) groups excluding carboxylic acids is 2. The Morgan fingerprint density at radius 3 is 1.46 bits per heavy atom. The lowest BCUT2D eigenvalue weighted by Crippen LogP contribution is -2.28. The first-order valence-corrected chi connectivity index (χ1v) is 20.7. The molecule has 1 aromatic rings. The first kappa shape index (κ1) is 46.1. The fraction of sp³-hybridized carbons (Fsp3) is 0.884. The maximum Gasteiger partial charge on any atom is 0.305 e. The zero-order valence-corrected chi connectivity index (χ0v) is 34.5. The molecule has 0 saturated carbocycles. The predicted molar refractivity (Wildman–Crippen MR) is 210 cm³/mol. The number of esters is 2. The monoisotopic (exact) mass is 704 g/mol. The number of nitrogens with zero attached hydrogens (tertiary/aromatic N) is 3. The largest absolute Gasteiger partial charge is 0.466 e. The molecule has 7 nitrogen and oxygen atoms in total. The van der Waals surface area contributed by atoms with Gasteiger partial charge in [0.2, 0.25) is 0 Å². The average molecular weight is 704 g/mol. The van der Waals surface area contributed by atoms with E-state index < -0.39 is 0 Å². The van der Waals surface area contributed by atoms with E-state index in [1.54, 1.807) is 0 Å². The maximum atomic E-state index is 12.1. The van der Waals surface area contributed by atoms with Crippen LogP contribution in [0.25, 0.3) is 0 Å². The quantitative estimate of drug-likeness (QED) is 0.0586. The van der Waals surface area contributed by atoms with Gasteiger partial charge in [0.15, 0.2) is 0 Å². The van der Waals surface area contributed by atoms with E-state index in [1.165, 1.54) is 64.5 Å². The third kappa shape index (κ3) is 27.8. The molecule has 0 aliphatic heterocycles. The molecule has 1 aromatic heterocycles. The summed E-state index contributed by atoms with van der Waals surface area (Å²) >= 11 is 0. The molecule has 0 N–H and O–H groups in total. The van der Waals surface area contributed by atoms with Crippen LogP contribution in [-0.2, 0) is 25.6 Å². The SMILES string of the molecule is Cc1nccn1CCCN(CCCCCCCCC(=O)OCCC(C)CC(C)(C)C)CCCCCCCCC(=O)OCC[C@@H](C)CC(C)(C)C. The summed E-state index contributed by atoms with van der Waals surface area (Å²) in [7, 11) is 0. The van der Waals surface area contributed by atoms with E-state index in [4.69, 9.17) is 9.47 Å². The van der Waals surface area contributed by atoms with Gasteiger partial charge in [-0.3, -0.25) is 9.59 Å². The lowest BCUT2D eigenvalue weighted by molar-refractivity contribution is -0.145. The van der Waals surface area contributed by atoms with Gasteiger partial charge in [-0.25, -0.2) is 4.98 Å². The number of carbonyl (C=O) groups is 2. The topological polar surface area (TPSA) is 73.7 Å². The standard InChI is InChI=1S/C43H81N3O4/c1-37(35-42(4,5)6)25-33-49-40(47)23-18-14-10-12-16-20-28-45(30-22-31-46-32-27-44-39(46)3)29-21-17-13-11-15-19-24-41(48)50-34-26-38(2)36-43(7,8)9/h27,32,37-38H,10-26,28-31,33-36H2,1-9H3/t37-,38?/m1/s1. The second-order valence-electron chi connectivity index (χ2n) is 17.9. The van der Waals surface area contributed by atoms with Crippen molar-refractivity contribution < 1.29 is 19.1 Å². The minimum atomic E-state index is -0.0261. The molecule has 0 bridgehead atoms. The summed E-state index contributed by atoms with van der Waals surface area (Å²) in [6.45, 7) is 25.8. The van der Waals surface area contributed by atoms with Crippen LogP contribution in [0, 0.1) is 29.6 Å². The molecule has 0 spiro atoms. The zero-order valence-electron chi connectivity index (χ0n) is 34.5. The second kappa shape index (κ2) is 26.8. The molecule has 7 heteroatoms. The van der Waals surface area contributed by atoms with Crippen molar-refractivity contribution in [1.82, 2.24) is 14.5 Å². The molecule has 0 saturated heterocycles. The Kier molecular flexibility index (Phi) is 24.7. The van der Waals surface area contributed by atoms with E-state index in [9.17, 15) is 9.59 Å². The van der Waals surface area contributed by atoms with Gasteiger partial charge in [-0.15, -0.1) is 0 Å². The van der Waals surface area contributed by atoms with Gasteiger partial charge < -0.3 is 18.9 Å². The summed E-state index contributed by atoms with van der Waals surface area (Å²) in [5, 5.41) is 0. The smallest absolute Gasteiger partial charge is 0.305 e. The van der Waals surface area contributed by atoms with Gasteiger partial charge in [-0.1, -0.05) is 107 Å². The highest BCUT2D eigenvalue weighted by atomic mass is 16.5. The van der Waals surface area contributed by atoms with Crippen LogP contribution in [0.4, 0.5) is 0 Å². The number of aromatic nitrogens is 2.